The van der Waals surface area contributed by atoms with Crippen LogP contribution >= 0.6 is 22.9 Å². The molecule has 1 aromatic heterocycles. The van der Waals surface area contributed by atoms with Gasteiger partial charge in [-0.3, -0.25) is 0 Å². The average Bonchev–Trinajstić information content (AvgIpc) is 2.44. The highest BCUT2D eigenvalue weighted by molar-refractivity contribution is 7.14. The van der Waals surface area contributed by atoms with Gasteiger partial charge in [-0.1, -0.05) is 39.3 Å². The molecule has 1 heterocycles. The molecule has 0 amide bonds. The second-order valence-electron chi connectivity index (χ2n) is 1.38. The third kappa shape index (κ3) is 6.39. The molecule has 0 radical (unpaired) electrons. The Kier molecular flexibility index (Phi) is 12.3. The Morgan fingerprint density at radius 3 is 1.73 bits per heavy atom. The van der Waals surface area contributed by atoms with Crippen molar-refractivity contribution < 1.29 is 0 Å². The number of hydrogen-bond donors (Lipinski definition) is 0. The van der Waals surface area contributed by atoms with Crippen molar-refractivity contribution in [1.82, 2.24) is 0 Å². The minimum Gasteiger partial charge on any atom is -0.132 e. The summed E-state index contributed by atoms with van der Waals surface area (Å²) in [5.74, 6) is 0. The van der Waals surface area contributed by atoms with Crippen LogP contribution in [0.3, 0.4) is 0 Å². The molecule has 1 rings (SSSR count). The molecule has 0 saturated carbocycles. The van der Waals surface area contributed by atoms with Crippen LogP contribution in [0.25, 0.3) is 0 Å². The summed E-state index contributed by atoms with van der Waals surface area (Å²) >= 11 is 7.21. The summed E-state index contributed by atoms with van der Waals surface area (Å²) in [6.07, 6.45) is 0. The Morgan fingerprint density at radius 2 is 1.64 bits per heavy atom. The maximum absolute atomic E-state index is 5.64. The zero-order valence-corrected chi connectivity index (χ0v) is 9.51. The normalized spacial score (nSPS) is 7.09. The lowest BCUT2D eigenvalue weighted by molar-refractivity contribution is 1.50. The molecule has 0 aliphatic rings. The Labute approximate surface area is 79.2 Å². The molecule has 0 saturated heterocycles. The summed E-state index contributed by atoms with van der Waals surface area (Å²) in [6, 6.07) is 2.01. The van der Waals surface area contributed by atoms with E-state index in [-0.39, 0.29) is 0 Å². The van der Waals surface area contributed by atoms with Gasteiger partial charge in [-0.15, -0.1) is 11.3 Å². The summed E-state index contributed by atoms with van der Waals surface area (Å²) < 4.78 is 0.903. The fourth-order valence-electron chi connectivity index (χ4n) is 0.354. The molecule has 1 aromatic rings. The van der Waals surface area contributed by atoms with Crippen LogP contribution in [0.15, 0.2) is 11.4 Å². The molecule has 0 spiro atoms. The summed E-state index contributed by atoms with van der Waals surface area (Å²) in [5.41, 5.74) is 1.17. The van der Waals surface area contributed by atoms with Crippen molar-refractivity contribution in [1.29, 1.82) is 0 Å². The lowest BCUT2D eigenvalue weighted by Crippen LogP contribution is -1.54. The van der Waals surface area contributed by atoms with E-state index in [4.69, 9.17) is 11.6 Å². The zero-order chi connectivity index (χ0) is 9.28. The molecule has 0 bridgehead atoms. The van der Waals surface area contributed by atoms with Gasteiger partial charge in [0, 0.05) is 0 Å². The standard InChI is InChI=1S/C5H5ClS.2C2H6/c1-4-2-3-7-5(4)6;2*1-2/h2-3H,1H3;2*1-2H3. The van der Waals surface area contributed by atoms with E-state index in [0.29, 0.717) is 0 Å². The van der Waals surface area contributed by atoms with Gasteiger partial charge in [-0.2, -0.15) is 0 Å². The molecule has 0 aromatic carbocycles. The molecule has 0 aliphatic heterocycles. The fourth-order valence-corrected chi connectivity index (χ4v) is 1.22. The topological polar surface area (TPSA) is 0 Å². The van der Waals surface area contributed by atoms with Gasteiger partial charge in [0.15, 0.2) is 0 Å². The van der Waals surface area contributed by atoms with Crippen LogP contribution in [0.1, 0.15) is 33.3 Å². The minimum absolute atomic E-state index is 0.903. The number of halogens is 1. The molecule has 11 heavy (non-hydrogen) atoms. The zero-order valence-electron chi connectivity index (χ0n) is 7.94. The van der Waals surface area contributed by atoms with Crippen molar-refractivity contribution in [3.05, 3.63) is 21.3 Å². The van der Waals surface area contributed by atoms with Crippen molar-refractivity contribution >= 4 is 22.9 Å². The fraction of sp³-hybridized carbons (Fsp3) is 0.556. The molecule has 0 aliphatic carbocycles. The van der Waals surface area contributed by atoms with E-state index in [1.807, 2.05) is 46.1 Å². The van der Waals surface area contributed by atoms with Crippen LogP contribution in [0.2, 0.25) is 4.34 Å². The SMILES string of the molecule is CC.CC.Cc1ccsc1Cl. The third-order valence-electron chi connectivity index (χ3n) is 0.800. The van der Waals surface area contributed by atoms with Crippen LogP contribution in [0.4, 0.5) is 0 Å². The smallest absolute Gasteiger partial charge is 0.0957 e. The van der Waals surface area contributed by atoms with Crippen molar-refractivity contribution in [3.63, 3.8) is 0 Å². The second-order valence-corrected chi connectivity index (χ2v) is 2.90. The molecule has 0 atom stereocenters. The maximum atomic E-state index is 5.64. The van der Waals surface area contributed by atoms with Gasteiger partial charge in [-0.25, -0.2) is 0 Å². The minimum atomic E-state index is 0.903. The van der Waals surface area contributed by atoms with E-state index in [0.717, 1.165) is 4.34 Å². The van der Waals surface area contributed by atoms with Crippen LogP contribution in [-0.4, -0.2) is 0 Å². The Bertz CT molecular complexity index is 142. The molecular formula is C9H17ClS. The van der Waals surface area contributed by atoms with Crippen LogP contribution in [0, 0.1) is 6.92 Å². The lowest BCUT2D eigenvalue weighted by atomic mass is 10.4. The predicted molar refractivity (Wildman–Crippen MR) is 56.8 cm³/mol. The van der Waals surface area contributed by atoms with Crippen LogP contribution < -0.4 is 0 Å². The van der Waals surface area contributed by atoms with Crippen molar-refractivity contribution in [3.8, 4) is 0 Å². The molecule has 2 heteroatoms. The second kappa shape index (κ2) is 9.99. The van der Waals surface area contributed by atoms with E-state index >= 15 is 0 Å². The highest BCUT2D eigenvalue weighted by atomic mass is 35.5. The third-order valence-corrected chi connectivity index (χ3v) is 2.17. The van der Waals surface area contributed by atoms with Crippen molar-refractivity contribution in [2.45, 2.75) is 34.6 Å². The first kappa shape index (κ1) is 13.6. The number of rotatable bonds is 0. The van der Waals surface area contributed by atoms with Crippen molar-refractivity contribution in [2.75, 3.05) is 0 Å². The Hall–Kier alpha value is -0.0100. The summed E-state index contributed by atoms with van der Waals surface area (Å²) in [6.45, 7) is 10.00. The molecule has 0 fully saturated rings. The van der Waals surface area contributed by atoms with E-state index in [9.17, 15) is 0 Å². The van der Waals surface area contributed by atoms with E-state index < -0.39 is 0 Å². The summed E-state index contributed by atoms with van der Waals surface area (Å²) in [4.78, 5) is 0. The molecule has 0 N–H and O–H groups in total. The first-order valence-corrected chi connectivity index (χ1v) is 5.26. The van der Waals surface area contributed by atoms with Gasteiger partial charge < -0.3 is 0 Å². The highest BCUT2D eigenvalue weighted by Crippen LogP contribution is 2.20. The summed E-state index contributed by atoms with van der Waals surface area (Å²) in [5, 5.41) is 1.98. The largest absolute Gasteiger partial charge is 0.132 e. The first-order chi connectivity index (χ1) is 5.30. The van der Waals surface area contributed by atoms with Gasteiger partial charge in [-0.05, 0) is 23.9 Å². The number of thiophene rings is 1. The van der Waals surface area contributed by atoms with Crippen LogP contribution in [-0.2, 0) is 0 Å². The van der Waals surface area contributed by atoms with E-state index in [1.54, 1.807) is 11.3 Å². The first-order valence-electron chi connectivity index (χ1n) is 4.00. The van der Waals surface area contributed by atoms with Gasteiger partial charge in [0.05, 0.1) is 4.34 Å². The molecule has 66 valence electrons. The maximum Gasteiger partial charge on any atom is 0.0957 e. The molecular weight excluding hydrogens is 176 g/mol. The van der Waals surface area contributed by atoms with Crippen molar-refractivity contribution in [2.24, 2.45) is 0 Å². The molecule has 0 unspecified atom stereocenters. The quantitative estimate of drug-likeness (QED) is 0.556. The predicted octanol–water partition coefficient (Wildman–Crippen LogP) is 4.76. The Morgan fingerprint density at radius 1 is 1.18 bits per heavy atom. The lowest BCUT2D eigenvalue weighted by Gasteiger charge is -1.76. The van der Waals surface area contributed by atoms with E-state index in [2.05, 4.69) is 0 Å². The van der Waals surface area contributed by atoms with Gasteiger partial charge in [0.2, 0.25) is 0 Å². The molecule has 0 nitrogen and oxygen atoms in total. The van der Waals surface area contributed by atoms with Gasteiger partial charge in [0.25, 0.3) is 0 Å². The number of aryl methyl sites for hydroxylation is 1. The highest BCUT2D eigenvalue weighted by Gasteiger charge is 1.89. The van der Waals surface area contributed by atoms with Crippen LogP contribution in [0.5, 0.6) is 0 Å². The van der Waals surface area contributed by atoms with Gasteiger partial charge >= 0.3 is 0 Å². The number of hydrogen-bond acceptors (Lipinski definition) is 1. The average molecular weight is 193 g/mol. The van der Waals surface area contributed by atoms with Gasteiger partial charge in [0.1, 0.15) is 0 Å². The monoisotopic (exact) mass is 192 g/mol. The summed E-state index contributed by atoms with van der Waals surface area (Å²) in [7, 11) is 0. The Balaban J connectivity index is 0. The van der Waals surface area contributed by atoms with E-state index in [1.165, 1.54) is 5.56 Å².